The van der Waals surface area contributed by atoms with Crippen molar-refractivity contribution in [2.45, 2.75) is 62.5 Å². The van der Waals surface area contributed by atoms with Crippen LogP contribution in [0.4, 0.5) is 4.79 Å². The van der Waals surface area contributed by atoms with Crippen molar-refractivity contribution in [3.05, 3.63) is 24.3 Å². The lowest BCUT2D eigenvalue weighted by Crippen LogP contribution is -2.46. The van der Waals surface area contributed by atoms with E-state index in [1.807, 2.05) is 0 Å². The zero-order valence-corrected chi connectivity index (χ0v) is 16.5. The predicted octanol–water partition coefficient (Wildman–Crippen LogP) is 2.91. The number of ether oxygens (including phenoxy) is 2. The van der Waals surface area contributed by atoms with Gasteiger partial charge in [0.25, 0.3) is 0 Å². The molecule has 2 aliphatic rings. The van der Waals surface area contributed by atoms with Crippen molar-refractivity contribution in [3.63, 3.8) is 0 Å². The van der Waals surface area contributed by atoms with Crippen LogP contribution >= 0.6 is 0 Å². The average Bonchev–Trinajstić information content (AvgIpc) is 3.16. The maximum absolute atomic E-state index is 12.6. The van der Waals surface area contributed by atoms with Crippen LogP contribution in [0.2, 0.25) is 0 Å². The van der Waals surface area contributed by atoms with Gasteiger partial charge in [0, 0.05) is 19.1 Å². The van der Waals surface area contributed by atoms with Crippen molar-refractivity contribution < 1.29 is 22.7 Å². The quantitative estimate of drug-likeness (QED) is 0.799. The largest absolute Gasteiger partial charge is 0.490 e. The Balaban J connectivity index is 1.53. The predicted molar refractivity (Wildman–Crippen MR) is 101 cm³/mol. The molecule has 1 amide bonds. The molecule has 150 valence electrons. The molecule has 7 nitrogen and oxygen atoms in total. The fourth-order valence-corrected chi connectivity index (χ4v) is 4.88. The number of hydrogen-bond donors (Lipinski definition) is 1. The van der Waals surface area contributed by atoms with Crippen LogP contribution < -0.4 is 9.46 Å². The lowest BCUT2D eigenvalue weighted by Gasteiger charge is -2.31. The van der Waals surface area contributed by atoms with E-state index in [4.69, 9.17) is 9.47 Å². The highest BCUT2D eigenvalue weighted by Crippen LogP contribution is 2.25. The molecule has 0 bridgehead atoms. The maximum atomic E-state index is 12.6. The van der Waals surface area contributed by atoms with E-state index in [0.29, 0.717) is 38.3 Å². The maximum Gasteiger partial charge on any atom is 0.409 e. The summed E-state index contributed by atoms with van der Waals surface area (Å²) in [5.41, 5.74) is 0. The molecule has 1 aliphatic carbocycles. The lowest BCUT2D eigenvalue weighted by molar-refractivity contribution is 0.0966. The summed E-state index contributed by atoms with van der Waals surface area (Å²) in [5, 5.41) is 0. The summed E-state index contributed by atoms with van der Waals surface area (Å²) in [7, 11) is -3.59. The number of rotatable bonds is 6. The first-order valence-corrected chi connectivity index (χ1v) is 11.2. The number of piperidine rings is 1. The number of likely N-dealkylation sites (tertiary alicyclic amines) is 1. The number of nitrogens with zero attached hydrogens (tertiary/aromatic N) is 1. The third kappa shape index (κ3) is 5.35. The SMILES string of the molecule is CCOC(=O)N1CCC(NS(=O)(=O)c2ccc(OC3CCCC3)cc2)CC1. The molecule has 1 saturated heterocycles. The van der Waals surface area contributed by atoms with Gasteiger partial charge >= 0.3 is 6.09 Å². The zero-order valence-electron chi connectivity index (χ0n) is 15.7. The summed E-state index contributed by atoms with van der Waals surface area (Å²) in [4.78, 5) is 13.6. The molecule has 1 aliphatic heterocycles. The van der Waals surface area contributed by atoms with Crippen LogP contribution in [0.25, 0.3) is 0 Å². The van der Waals surface area contributed by atoms with Gasteiger partial charge in [-0.1, -0.05) is 0 Å². The molecule has 1 heterocycles. The Morgan fingerprint density at radius 3 is 2.33 bits per heavy atom. The van der Waals surface area contributed by atoms with Crippen molar-refractivity contribution in [2.24, 2.45) is 0 Å². The van der Waals surface area contributed by atoms with E-state index >= 15 is 0 Å². The monoisotopic (exact) mass is 396 g/mol. The highest BCUT2D eigenvalue weighted by Gasteiger charge is 2.27. The number of carbonyl (C=O) groups is 1. The number of amides is 1. The Labute approximate surface area is 161 Å². The van der Waals surface area contributed by atoms with Crippen LogP contribution in [0.15, 0.2) is 29.2 Å². The molecule has 0 radical (unpaired) electrons. The van der Waals surface area contributed by atoms with E-state index in [9.17, 15) is 13.2 Å². The average molecular weight is 397 g/mol. The Bertz CT molecular complexity index is 721. The topological polar surface area (TPSA) is 84.9 Å². The Hall–Kier alpha value is -1.80. The second kappa shape index (κ2) is 8.93. The number of sulfonamides is 1. The minimum atomic E-state index is -3.59. The van der Waals surface area contributed by atoms with E-state index in [-0.39, 0.29) is 23.1 Å². The van der Waals surface area contributed by atoms with E-state index in [1.54, 1.807) is 36.1 Å². The standard InChI is InChI=1S/C19H28N2O5S/c1-2-25-19(22)21-13-11-15(12-14-21)20-27(23,24)18-9-7-17(8-10-18)26-16-5-3-4-6-16/h7-10,15-16,20H,2-6,11-14H2,1H3. The molecule has 0 aromatic heterocycles. The van der Waals surface area contributed by atoms with Gasteiger partial charge in [0.05, 0.1) is 17.6 Å². The van der Waals surface area contributed by atoms with Crippen LogP contribution in [-0.2, 0) is 14.8 Å². The van der Waals surface area contributed by atoms with Gasteiger partial charge < -0.3 is 14.4 Å². The van der Waals surface area contributed by atoms with E-state index in [2.05, 4.69) is 4.72 Å². The van der Waals surface area contributed by atoms with E-state index in [0.717, 1.165) is 12.8 Å². The first kappa shape index (κ1) is 19.9. The fraction of sp³-hybridized carbons (Fsp3) is 0.632. The molecule has 3 rings (SSSR count). The minimum absolute atomic E-state index is 0.185. The van der Waals surface area contributed by atoms with E-state index < -0.39 is 10.0 Å². The molecule has 1 aromatic carbocycles. The number of nitrogens with one attached hydrogen (secondary N) is 1. The first-order chi connectivity index (χ1) is 13.0. The number of hydrogen-bond acceptors (Lipinski definition) is 5. The molecule has 2 fully saturated rings. The smallest absolute Gasteiger partial charge is 0.409 e. The normalized spacial score (nSPS) is 19.2. The van der Waals surface area contributed by atoms with Crippen LogP contribution in [0.5, 0.6) is 5.75 Å². The molecule has 1 saturated carbocycles. The molecule has 0 unspecified atom stereocenters. The Kier molecular flexibility index (Phi) is 6.59. The van der Waals surface area contributed by atoms with Crippen LogP contribution in [-0.4, -0.2) is 51.3 Å². The molecule has 0 spiro atoms. The summed E-state index contributed by atoms with van der Waals surface area (Å²) < 4.78 is 38.8. The minimum Gasteiger partial charge on any atom is -0.490 e. The third-order valence-electron chi connectivity index (χ3n) is 5.08. The second-order valence-corrected chi connectivity index (χ2v) is 8.79. The van der Waals surface area contributed by atoms with Gasteiger partial charge in [-0.2, -0.15) is 0 Å². The molecular weight excluding hydrogens is 368 g/mol. The van der Waals surface area contributed by atoms with Crippen LogP contribution in [0.1, 0.15) is 45.4 Å². The van der Waals surface area contributed by atoms with Gasteiger partial charge in [0.1, 0.15) is 5.75 Å². The molecule has 1 N–H and O–H groups in total. The summed E-state index contributed by atoms with van der Waals surface area (Å²) in [6, 6.07) is 6.42. The highest BCUT2D eigenvalue weighted by atomic mass is 32.2. The molecule has 27 heavy (non-hydrogen) atoms. The van der Waals surface area contributed by atoms with Gasteiger partial charge in [0.2, 0.25) is 10.0 Å². The van der Waals surface area contributed by atoms with Crippen molar-refractivity contribution >= 4 is 16.1 Å². The van der Waals surface area contributed by atoms with Crippen LogP contribution in [0.3, 0.4) is 0 Å². The van der Waals surface area contributed by atoms with Gasteiger partial charge in [0.15, 0.2) is 0 Å². The molecule has 8 heteroatoms. The second-order valence-electron chi connectivity index (χ2n) is 7.08. The summed E-state index contributed by atoms with van der Waals surface area (Å²) in [5.74, 6) is 0.712. The van der Waals surface area contributed by atoms with Crippen molar-refractivity contribution in [2.75, 3.05) is 19.7 Å². The number of carbonyl (C=O) groups excluding carboxylic acids is 1. The van der Waals surface area contributed by atoms with Gasteiger partial charge in [-0.05, 0) is 69.7 Å². The van der Waals surface area contributed by atoms with Gasteiger partial charge in [-0.3, -0.25) is 0 Å². The fourth-order valence-electron chi connectivity index (χ4n) is 3.58. The summed E-state index contributed by atoms with van der Waals surface area (Å²) >= 11 is 0. The third-order valence-corrected chi connectivity index (χ3v) is 6.62. The van der Waals surface area contributed by atoms with Crippen molar-refractivity contribution in [1.82, 2.24) is 9.62 Å². The summed E-state index contributed by atoms with van der Waals surface area (Å²) in [6.07, 6.45) is 5.55. The highest BCUT2D eigenvalue weighted by molar-refractivity contribution is 7.89. The van der Waals surface area contributed by atoms with Crippen LogP contribution in [0, 0.1) is 0 Å². The number of benzene rings is 1. The van der Waals surface area contributed by atoms with Gasteiger partial charge in [-0.15, -0.1) is 0 Å². The van der Waals surface area contributed by atoms with Crippen molar-refractivity contribution in [3.8, 4) is 5.75 Å². The summed E-state index contributed by atoms with van der Waals surface area (Å²) in [6.45, 7) is 3.08. The van der Waals surface area contributed by atoms with Crippen molar-refractivity contribution in [1.29, 1.82) is 0 Å². The molecule has 0 atom stereocenters. The first-order valence-electron chi connectivity index (χ1n) is 9.68. The van der Waals surface area contributed by atoms with E-state index in [1.165, 1.54) is 12.8 Å². The zero-order chi connectivity index (χ0) is 19.3. The van der Waals surface area contributed by atoms with Gasteiger partial charge in [-0.25, -0.2) is 17.9 Å². The Morgan fingerprint density at radius 2 is 1.74 bits per heavy atom. The molecule has 1 aromatic rings. The molecular formula is C19H28N2O5S. The Morgan fingerprint density at radius 1 is 1.11 bits per heavy atom. The lowest BCUT2D eigenvalue weighted by atomic mass is 10.1.